The SMILES string of the molecule is CCCCCCCC/C=C\CCCCCCCCCCCC(=O)O[C@H](COC(=O)CCCCCCCCCCCCCC)COP(=O)(O)O. The molecule has 1 atom stereocenters. The zero-order valence-electron chi connectivity index (χ0n) is 31.9. The fourth-order valence-corrected chi connectivity index (χ4v) is 6.32. The minimum atomic E-state index is -4.75. The lowest BCUT2D eigenvalue weighted by molar-refractivity contribution is -0.161. The van der Waals surface area contributed by atoms with Gasteiger partial charge in [0, 0.05) is 12.8 Å². The number of rotatable bonds is 38. The highest BCUT2D eigenvalue weighted by atomic mass is 31.2. The van der Waals surface area contributed by atoms with Crippen molar-refractivity contribution in [2.75, 3.05) is 13.2 Å². The highest BCUT2D eigenvalue weighted by Crippen LogP contribution is 2.36. The Morgan fingerprint density at radius 2 is 0.857 bits per heavy atom. The van der Waals surface area contributed by atoms with Crippen LogP contribution in [0.4, 0.5) is 0 Å². The summed E-state index contributed by atoms with van der Waals surface area (Å²) >= 11 is 0. The van der Waals surface area contributed by atoms with Gasteiger partial charge in [0.25, 0.3) is 0 Å². The van der Waals surface area contributed by atoms with Crippen LogP contribution < -0.4 is 0 Å². The zero-order chi connectivity index (χ0) is 36.1. The lowest BCUT2D eigenvalue weighted by atomic mass is 10.0. The van der Waals surface area contributed by atoms with E-state index in [1.807, 2.05) is 0 Å². The van der Waals surface area contributed by atoms with Crippen molar-refractivity contribution < 1.29 is 37.9 Å². The van der Waals surface area contributed by atoms with E-state index in [1.54, 1.807) is 0 Å². The first-order chi connectivity index (χ1) is 23.8. The lowest BCUT2D eigenvalue weighted by Crippen LogP contribution is -2.29. The van der Waals surface area contributed by atoms with E-state index >= 15 is 0 Å². The second-order valence-electron chi connectivity index (χ2n) is 14.0. The Morgan fingerprint density at radius 1 is 0.510 bits per heavy atom. The Kier molecular flexibility index (Phi) is 35.7. The average Bonchev–Trinajstić information content (AvgIpc) is 3.07. The van der Waals surface area contributed by atoms with Crippen molar-refractivity contribution in [3.63, 3.8) is 0 Å². The predicted molar refractivity (Wildman–Crippen MR) is 202 cm³/mol. The average molecular weight is 717 g/mol. The summed E-state index contributed by atoms with van der Waals surface area (Å²) in [5.74, 6) is -0.878. The van der Waals surface area contributed by atoms with E-state index < -0.39 is 32.5 Å². The van der Waals surface area contributed by atoms with Crippen LogP contribution in [0.2, 0.25) is 0 Å². The van der Waals surface area contributed by atoms with Gasteiger partial charge in [0.15, 0.2) is 6.10 Å². The first-order valence-corrected chi connectivity index (χ1v) is 22.0. The van der Waals surface area contributed by atoms with Gasteiger partial charge in [-0.05, 0) is 38.5 Å². The van der Waals surface area contributed by atoms with Gasteiger partial charge in [0.2, 0.25) is 0 Å². The van der Waals surface area contributed by atoms with E-state index in [0.29, 0.717) is 6.42 Å². The van der Waals surface area contributed by atoms with E-state index in [-0.39, 0.29) is 19.4 Å². The van der Waals surface area contributed by atoms with Crippen LogP contribution >= 0.6 is 7.82 Å². The molecule has 0 radical (unpaired) electrons. The Balaban J connectivity index is 3.88. The molecule has 2 N–H and O–H groups in total. The third-order valence-electron chi connectivity index (χ3n) is 9.03. The van der Waals surface area contributed by atoms with Crippen LogP contribution in [0.15, 0.2) is 12.2 Å². The molecule has 0 aliphatic carbocycles. The minimum absolute atomic E-state index is 0.214. The summed E-state index contributed by atoms with van der Waals surface area (Å²) in [7, 11) is -4.75. The number of phosphoric ester groups is 1. The maximum Gasteiger partial charge on any atom is 0.469 e. The molecule has 0 saturated carbocycles. The largest absolute Gasteiger partial charge is 0.469 e. The predicted octanol–water partition coefficient (Wildman–Crippen LogP) is 12.2. The Labute approximate surface area is 301 Å². The third kappa shape index (κ3) is 39.4. The molecule has 0 aliphatic rings. The molecule has 0 rings (SSSR count). The molecule has 0 unspecified atom stereocenters. The summed E-state index contributed by atoms with van der Waals surface area (Å²) in [6, 6.07) is 0. The van der Waals surface area contributed by atoms with Gasteiger partial charge in [-0.15, -0.1) is 0 Å². The van der Waals surface area contributed by atoms with E-state index in [0.717, 1.165) is 38.5 Å². The van der Waals surface area contributed by atoms with Crippen LogP contribution in [0.3, 0.4) is 0 Å². The van der Waals surface area contributed by atoms with Crippen molar-refractivity contribution in [3.05, 3.63) is 12.2 Å². The smallest absolute Gasteiger partial charge is 0.462 e. The number of ether oxygens (including phenoxy) is 2. The first kappa shape index (κ1) is 47.8. The maximum absolute atomic E-state index is 12.4. The summed E-state index contributed by atoms with van der Waals surface area (Å²) in [6.45, 7) is 3.69. The van der Waals surface area contributed by atoms with Crippen LogP contribution in [0.1, 0.15) is 213 Å². The van der Waals surface area contributed by atoms with E-state index in [2.05, 4.69) is 30.5 Å². The maximum atomic E-state index is 12.4. The second-order valence-corrected chi connectivity index (χ2v) is 15.2. The molecule has 0 bridgehead atoms. The van der Waals surface area contributed by atoms with Crippen LogP contribution in [0.5, 0.6) is 0 Å². The van der Waals surface area contributed by atoms with E-state index in [4.69, 9.17) is 19.3 Å². The summed E-state index contributed by atoms with van der Waals surface area (Å²) < 4.78 is 26.3. The molecule has 8 nitrogen and oxygen atoms in total. The monoisotopic (exact) mass is 717 g/mol. The van der Waals surface area contributed by atoms with Gasteiger partial charge < -0.3 is 19.3 Å². The fourth-order valence-electron chi connectivity index (χ4n) is 5.96. The van der Waals surface area contributed by atoms with Gasteiger partial charge in [0.1, 0.15) is 6.61 Å². The molecule has 0 amide bonds. The fraction of sp³-hybridized carbons (Fsp3) is 0.900. The highest BCUT2D eigenvalue weighted by molar-refractivity contribution is 7.46. The van der Waals surface area contributed by atoms with Gasteiger partial charge in [-0.1, -0.05) is 174 Å². The molecule has 0 spiro atoms. The van der Waals surface area contributed by atoms with Crippen molar-refractivity contribution in [2.45, 2.75) is 219 Å². The third-order valence-corrected chi connectivity index (χ3v) is 9.52. The summed E-state index contributed by atoms with van der Waals surface area (Å²) in [5.41, 5.74) is 0. The van der Waals surface area contributed by atoms with Crippen molar-refractivity contribution in [1.29, 1.82) is 0 Å². The van der Waals surface area contributed by atoms with Crippen LogP contribution in [-0.4, -0.2) is 41.0 Å². The number of unbranched alkanes of at least 4 members (excludes halogenated alkanes) is 26. The second kappa shape index (κ2) is 36.6. The summed E-state index contributed by atoms with van der Waals surface area (Å²) in [6.07, 6.45) is 39.3. The van der Waals surface area contributed by atoms with Crippen molar-refractivity contribution >= 4 is 19.8 Å². The number of hydrogen-bond acceptors (Lipinski definition) is 6. The van der Waals surface area contributed by atoms with Gasteiger partial charge in [-0.2, -0.15) is 0 Å². The quantitative estimate of drug-likeness (QED) is 0.0280. The molecule has 0 fully saturated rings. The molecular weight excluding hydrogens is 639 g/mol. The first-order valence-electron chi connectivity index (χ1n) is 20.5. The zero-order valence-corrected chi connectivity index (χ0v) is 32.8. The Hall–Kier alpha value is -1.21. The van der Waals surface area contributed by atoms with Gasteiger partial charge in [0.05, 0.1) is 6.61 Å². The molecule has 0 aromatic rings. The number of carbonyl (C=O) groups excluding carboxylic acids is 2. The summed E-state index contributed by atoms with van der Waals surface area (Å²) in [5, 5.41) is 0. The normalized spacial score (nSPS) is 12.5. The summed E-state index contributed by atoms with van der Waals surface area (Å²) in [4.78, 5) is 42.7. The Bertz CT molecular complexity index is 812. The van der Waals surface area contributed by atoms with Gasteiger partial charge in [-0.25, -0.2) is 4.57 Å². The number of hydrogen-bond donors (Lipinski definition) is 2. The highest BCUT2D eigenvalue weighted by Gasteiger charge is 2.22. The molecule has 0 aliphatic heterocycles. The van der Waals surface area contributed by atoms with E-state index in [9.17, 15) is 14.2 Å². The molecular formula is C40H77O8P. The van der Waals surface area contributed by atoms with Crippen molar-refractivity contribution in [3.8, 4) is 0 Å². The van der Waals surface area contributed by atoms with Crippen molar-refractivity contribution in [2.24, 2.45) is 0 Å². The number of allylic oxidation sites excluding steroid dienone is 2. The molecule has 9 heteroatoms. The molecule has 0 saturated heterocycles. The molecule has 290 valence electrons. The van der Waals surface area contributed by atoms with Gasteiger partial charge >= 0.3 is 19.8 Å². The molecule has 0 aromatic heterocycles. The number of carbonyl (C=O) groups is 2. The van der Waals surface area contributed by atoms with Gasteiger partial charge in [-0.3, -0.25) is 14.1 Å². The van der Waals surface area contributed by atoms with Crippen LogP contribution in [0, 0.1) is 0 Å². The molecule has 49 heavy (non-hydrogen) atoms. The number of phosphoric acid groups is 1. The Morgan fingerprint density at radius 3 is 1.24 bits per heavy atom. The lowest BCUT2D eigenvalue weighted by Gasteiger charge is -2.18. The molecule has 0 heterocycles. The topological polar surface area (TPSA) is 119 Å². The minimum Gasteiger partial charge on any atom is -0.462 e. The van der Waals surface area contributed by atoms with E-state index in [1.165, 1.54) is 141 Å². The molecule has 0 aromatic carbocycles. The van der Waals surface area contributed by atoms with Crippen LogP contribution in [-0.2, 0) is 28.2 Å². The van der Waals surface area contributed by atoms with Crippen LogP contribution in [0.25, 0.3) is 0 Å². The standard InChI is InChI=1S/C40H77O8P/c1-3-5-7-9-11-13-15-17-18-19-20-21-22-23-25-27-29-31-33-35-40(42)48-38(37-47-49(43,44)45)36-46-39(41)34-32-30-28-26-24-16-14-12-10-8-6-4-2/h17-18,38H,3-16,19-37H2,1-2H3,(H2,43,44,45)/b18-17-/t38-/m1/s1. The van der Waals surface area contributed by atoms with Crippen molar-refractivity contribution in [1.82, 2.24) is 0 Å². The number of esters is 2.